The number of aliphatic carboxylic acids is 1. The van der Waals surface area contributed by atoms with E-state index >= 15 is 0 Å². The average Bonchev–Trinajstić information content (AvgIpc) is 3.22. The second kappa shape index (κ2) is 7.79. The maximum absolute atomic E-state index is 12.3. The molecule has 0 saturated carbocycles. The first-order valence-corrected chi connectivity index (χ1v) is 9.41. The van der Waals surface area contributed by atoms with E-state index in [0.29, 0.717) is 5.82 Å². The molecule has 7 heteroatoms. The monoisotopic (exact) mass is 391 g/mol. The third-order valence-electron chi connectivity index (χ3n) is 5.09. The Bertz CT molecular complexity index is 1030. The molecule has 148 valence electrons. The van der Waals surface area contributed by atoms with Crippen LogP contribution < -0.4 is 5.32 Å². The van der Waals surface area contributed by atoms with Crippen LogP contribution in [0.2, 0.25) is 0 Å². The molecule has 7 nitrogen and oxygen atoms in total. The molecule has 0 aliphatic heterocycles. The summed E-state index contributed by atoms with van der Waals surface area (Å²) in [6.07, 6.45) is -0.623. The molecule has 0 unspecified atom stereocenters. The van der Waals surface area contributed by atoms with Crippen LogP contribution in [-0.4, -0.2) is 33.6 Å². The van der Waals surface area contributed by atoms with Crippen molar-refractivity contribution in [1.82, 2.24) is 9.78 Å². The first-order chi connectivity index (χ1) is 14.0. The summed E-state index contributed by atoms with van der Waals surface area (Å²) in [5.41, 5.74) is 5.40. The van der Waals surface area contributed by atoms with Gasteiger partial charge in [-0.25, -0.2) is 4.79 Å². The predicted molar refractivity (Wildman–Crippen MR) is 108 cm³/mol. The lowest BCUT2D eigenvalue weighted by molar-refractivity contribution is -0.137. The van der Waals surface area contributed by atoms with Gasteiger partial charge in [0.05, 0.1) is 13.0 Å². The van der Waals surface area contributed by atoms with Gasteiger partial charge in [0, 0.05) is 17.7 Å². The van der Waals surface area contributed by atoms with Crippen molar-refractivity contribution in [2.75, 3.05) is 11.9 Å². The highest BCUT2D eigenvalue weighted by Crippen LogP contribution is 2.44. The molecular formula is C22H21N3O4. The molecule has 0 radical (unpaired) electrons. The van der Waals surface area contributed by atoms with Gasteiger partial charge in [-0.15, -0.1) is 0 Å². The molecule has 0 spiro atoms. The highest BCUT2D eigenvalue weighted by molar-refractivity contribution is 5.84. The fraction of sp³-hybridized carbons (Fsp3) is 0.227. The second-order valence-corrected chi connectivity index (χ2v) is 6.99. The molecule has 0 saturated heterocycles. The molecule has 3 aromatic rings. The van der Waals surface area contributed by atoms with E-state index in [1.54, 1.807) is 17.7 Å². The van der Waals surface area contributed by atoms with Gasteiger partial charge >= 0.3 is 12.1 Å². The van der Waals surface area contributed by atoms with Crippen LogP contribution in [0.4, 0.5) is 10.6 Å². The first-order valence-electron chi connectivity index (χ1n) is 9.41. The van der Waals surface area contributed by atoms with E-state index in [2.05, 4.69) is 34.7 Å². The first kappa shape index (κ1) is 18.7. The zero-order chi connectivity index (χ0) is 20.4. The predicted octanol–water partition coefficient (Wildman–Crippen LogP) is 4.03. The number of aromatic nitrogens is 2. The van der Waals surface area contributed by atoms with Crippen molar-refractivity contribution < 1.29 is 19.4 Å². The van der Waals surface area contributed by atoms with Crippen LogP contribution in [0.3, 0.4) is 0 Å². The topological polar surface area (TPSA) is 93.5 Å². The lowest BCUT2D eigenvalue weighted by Gasteiger charge is -2.14. The summed E-state index contributed by atoms with van der Waals surface area (Å²) in [5, 5.41) is 15.6. The summed E-state index contributed by atoms with van der Waals surface area (Å²) < 4.78 is 7.05. The molecular weight excluding hydrogens is 370 g/mol. The van der Waals surface area contributed by atoms with Crippen molar-refractivity contribution in [3.63, 3.8) is 0 Å². The molecule has 4 rings (SSSR count). The number of ether oxygens (including phenoxy) is 1. The summed E-state index contributed by atoms with van der Waals surface area (Å²) in [7, 11) is 0. The van der Waals surface area contributed by atoms with E-state index in [0.717, 1.165) is 16.8 Å². The number of carboxylic acids is 1. The summed E-state index contributed by atoms with van der Waals surface area (Å²) in [4.78, 5) is 23.0. The molecule has 1 aromatic heterocycles. The van der Waals surface area contributed by atoms with Crippen molar-refractivity contribution in [2.24, 2.45) is 0 Å². The van der Waals surface area contributed by atoms with E-state index in [1.807, 2.05) is 24.3 Å². The van der Waals surface area contributed by atoms with E-state index in [-0.39, 0.29) is 25.5 Å². The molecule has 1 heterocycles. The molecule has 29 heavy (non-hydrogen) atoms. The largest absolute Gasteiger partial charge is 0.481 e. The number of anilines is 1. The van der Waals surface area contributed by atoms with Gasteiger partial charge in [0.25, 0.3) is 0 Å². The van der Waals surface area contributed by atoms with Crippen molar-refractivity contribution >= 4 is 17.9 Å². The zero-order valence-corrected chi connectivity index (χ0v) is 16.0. The lowest BCUT2D eigenvalue weighted by Crippen LogP contribution is -2.18. The fourth-order valence-electron chi connectivity index (χ4n) is 3.74. The molecule has 1 aliphatic rings. The molecule has 0 bridgehead atoms. The third kappa shape index (κ3) is 3.85. The number of hydrogen-bond acceptors (Lipinski definition) is 4. The Kier molecular flexibility index (Phi) is 5.03. The van der Waals surface area contributed by atoms with Crippen LogP contribution in [0, 0.1) is 6.92 Å². The molecule has 2 N–H and O–H groups in total. The molecule has 0 fully saturated rings. The zero-order valence-electron chi connectivity index (χ0n) is 16.0. The number of carbonyl (C=O) groups is 2. The van der Waals surface area contributed by atoms with Gasteiger partial charge in [-0.05, 0) is 29.2 Å². The highest BCUT2D eigenvalue weighted by Gasteiger charge is 2.29. The quantitative estimate of drug-likeness (QED) is 0.662. The van der Waals surface area contributed by atoms with Crippen molar-refractivity contribution in [1.29, 1.82) is 0 Å². The van der Waals surface area contributed by atoms with Gasteiger partial charge in [0.2, 0.25) is 0 Å². The van der Waals surface area contributed by atoms with Gasteiger partial charge in [-0.1, -0.05) is 48.5 Å². The number of carboxylic acid groups (broad SMARTS) is 1. The van der Waals surface area contributed by atoms with E-state index in [1.165, 1.54) is 11.1 Å². The molecule has 1 amide bonds. The maximum Gasteiger partial charge on any atom is 0.412 e. The Morgan fingerprint density at radius 3 is 2.34 bits per heavy atom. The Labute approximate surface area is 167 Å². The number of fused-ring (bicyclic) bond motifs is 3. The number of rotatable bonds is 6. The van der Waals surface area contributed by atoms with Gasteiger partial charge in [0.1, 0.15) is 6.61 Å². The minimum absolute atomic E-state index is 0.0111. The summed E-state index contributed by atoms with van der Waals surface area (Å²) in [5.74, 6) is -0.570. The Balaban J connectivity index is 1.42. The van der Waals surface area contributed by atoms with E-state index < -0.39 is 12.1 Å². The normalized spacial score (nSPS) is 12.3. The summed E-state index contributed by atoms with van der Waals surface area (Å²) in [6.45, 7) is 2.27. The second-order valence-electron chi connectivity index (χ2n) is 6.99. The van der Waals surface area contributed by atoms with Crippen molar-refractivity contribution in [3.8, 4) is 11.1 Å². The summed E-state index contributed by atoms with van der Waals surface area (Å²) >= 11 is 0. The number of nitrogens with one attached hydrogen (secondary N) is 1. The standard InChI is InChI=1S/C22H21N3O4/c1-14-12-20(24-25(14)11-10-21(26)27)23-22(28)29-13-19-17-8-4-2-6-15(17)16-7-3-5-9-18(16)19/h2-9,12,19H,10-11,13H2,1H3,(H,26,27)(H,23,24,28). The molecule has 2 aromatic carbocycles. The Hall–Kier alpha value is -3.61. The molecule has 1 aliphatic carbocycles. The fourth-order valence-corrected chi connectivity index (χ4v) is 3.74. The number of nitrogens with zero attached hydrogens (tertiary/aromatic N) is 2. The van der Waals surface area contributed by atoms with Crippen LogP contribution in [-0.2, 0) is 16.1 Å². The van der Waals surface area contributed by atoms with Crippen LogP contribution in [0.1, 0.15) is 29.2 Å². The van der Waals surface area contributed by atoms with Gasteiger partial charge in [-0.3, -0.25) is 14.8 Å². The van der Waals surface area contributed by atoms with Gasteiger partial charge in [0.15, 0.2) is 5.82 Å². The van der Waals surface area contributed by atoms with Crippen LogP contribution in [0.5, 0.6) is 0 Å². The smallest absolute Gasteiger partial charge is 0.412 e. The highest BCUT2D eigenvalue weighted by atomic mass is 16.5. The lowest BCUT2D eigenvalue weighted by atomic mass is 9.98. The van der Waals surface area contributed by atoms with Gasteiger partial charge in [-0.2, -0.15) is 5.10 Å². The van der Waals surface area contributed by atoms with Crippen LogP contribution in [0.25, 0.3) is 11.1 Å². The van der Waals surface area contributed by atoms with Crippen LogP contribution >= 0.6 is 0 Å². The Morgan fingerprint density at radius 2 is 1.72 bits per heavy atom. The number of hydrogen-bond donors (Lipinski definition) is 2. The van der Waals surface area contributed by atoms with E-state index in [9.17, 15) is 9.59 Å². The number of benzene rings is 2. The SMILES string of the molecule is Cc1cc(NC(=O)OCC2c3ccccc3-c3ccccc32)nn1CCC(=O)O. The van der Waals surface area contributed by atoms with Crippen molar-refractivity contribution in [2.45, 2.75) is 25.8 Å². The van der Waals surface area contributed by atoms with E-state index in [4.69, 9.17) is 9.84 Å². The third-order valence-corrected chi connectivity index (χ3v) is 5.09. The average molecular weight is 391 g/mol. The minimum atomic E-state index is -0.897. The van der Waals surface area contributed by atoms with Crippen LogP contribution in [0.15, 0.2) is 54.6 Å². The summed E-state index contributed by atoms with van der Waals surface area (Å²) in [6, 6.07) is 18.0. The Morgan fingerprint density at radius 1 is 1.10 bits per heavy atom. The maximum atomic E-state index is 12.3. The minimum Gasteiger partial charge on any atom is -0.481 e. The molecule has 0 atom stereocenters. The van der Waals surface area contributed by atoms with Gasteiger partial charge < -0.3 is 9.84 Å². The number of carbonyl (C=O) groups excluding carboxylic acids is 1. The number of aryl methyl sites for hydroxylation is 2. The number of amides is 1. The van der Waals surface area contributed by atoms with Crippen molar-refractivity contribution in [3.05, 3.63) is 71.4 Å².